The van der Waals surface area contributed by atoms with Gasteiger partial charge >= 0.3 is 12.0 Å². The lowest BCUT2D eigenvalue weighted by molar-refractivity contribution is -0.142. The predicted molar refractivity (Wildman–Crippen MR) is 94.0 cm³/mol. The van der Waals surface area contributed by atoms with Gasteiger partial charge in [-0.1, -0.05) is 18.2 Å². The van der Waals surface area contributed by atoms with Crippen LogP contribution in [-0.2, 0) is 16.6 Å². The van der Waals surface area contributed by atoms with Gasteiger partial charge in [0.15, 0.2) is 0 Å². The highest BCUT2D eigenvalue weighted by atomic mass is 16.5. The van der Waals surface area contributed by atoms with Crippen LogP contribution < -0.4 is 16.2 Å². The van der Waals surface area contributed by atoms with E-state index in [1.807, 2.05) is 30.3 Å². The van der Waals surface area contributed by atoms with Crippen molar-refractivity contribution in [3.8, 4) is 5.69 Å². The van der Waals surface area contributed by atoms with Crippen molar-refractivity contribution in [3.05, 3.63) is 46.4 Å². The van der Waals surface area contributed by atoms with E-state index in [0.717, 1.165) is 0 Å². The monoisotopic (exact) mass is 346 g/mol. The fourth-order valence-electron chi connectivity index (χ4n) is 2.38. The SMILES string of the molecule is CCOC(=O)CCNC(=O)Nc1c(C)n(C)n(-c2ccccc2)c1=O. The summed E-state index contributed by atoms with van der Waals surface area (Å²) in [5.41, 5.74) is 1.19. The maximum Gasteiger partial charge on any atom is 0.319 e. The van der Waals surface area contributed by atoms with Gasteiger partial charge in [-0.15, -0.1) is 0 Å². The van der Waals surface area contributed by atoms with Crippen molar-refractivity contribution in [1.29, 1.82) is 0 Å². The lowest BCUT2D eigenvalue weighted by atomic mass is 10.3. The fourth-order valence-corrected chi connectivity index (χ4v) is 2.38. The van der Waals surface area contributed by atoms with Gasteiger partial charge in [0.05, 0.1) is 24.4 Å². The summed E-state index contributed by atoms with van der Waals surface area (Å²) in [6.07, 6.45) is 0.0727. The minimum atomic E-state index is -0.546. The summed E-state index contributed by atoms with van der Waals surface area (Å²) in [6.45, 7) is 3.89. The number of carbonyl (C=O) groups is 2. The standard InChI is InChI=1S/C17H22N4O4/c1-4-25-14(22)10-11-18-17(24)19-15-12(2)20(3)21(16(15)23)13-8-6-5-7-9-13/h5-9H,4,10-11H2,1-3H3,(H2,18,19,24). The highest BCUT2D eigenvalue weighted by Crippen LogP contribution is 2.13. The van der Waals surface area contributed by atoms with Crippen LogP contribution in [0.3, 0.4) is 0 Å². The molecule has 0 saturated carbocycles. The molecule has 0 unspecified atom stereocenters. The highest BCUT2D eigenvalue weighted by molar-refractivity contribution is 5.90. The molecule has 0 saturated heterocycles. The van der Waals surface area contributed by atoms with E-state index in [4.69, 9.17) is 4.74 Å². The van der Waals surface area contributed by atoms with Gasteiger partial charge in [-0.05, 0) is 26.0 Å². The molecule has 25 heavy (non-hydrogen) atoms. The van der Waals surface area contributed by atoms with Crippen molar-refractivity contribution < 1.29 is 14.3 Å². The molecule has 8 heteroatoms. The Labute approximate surface area is 145 Å². The van der Waals surface area contributed by atoms with Crippen LogP contribution in [-0.4, -0.2) is 34.5 Å². The summed E-state index contributed by atoms with van der Waals surface area (Å²) < 4.78 is 7.93. The molecule has 134 valence electrons. The Morgan fingerprint density at radius 1 is 1.20 bits per heavy atom. The average Bonchev–Trinajstić information content (AvgIpc) is 2.79. The number of anilines is 1. The van der Waals surface area contributed by atoms with Crippen molar-refractivity contribution in [3.63, 3.8) is 0 Å². The fraction of sp³-hybridized carbons (Fsp3) is 0.353. The van der Waals surface area contributed by atoms with E-state index in [1.54, 1.807) is 25.6 Å². The third kappa shape index (κ3) is 4.28. The molecule has 0 bridgehead atoms. The zero-order valence-electron chi connectivity index (χ0n) is 14.5. The summed E-state index contributed by atoms with van der Waals surface area (Å²) in [4.78, 5) is 35.9. The van der Waals surface area contributed by atoms with Crippen molar-refractivity contribution in [2.24, 2.45) is 7.05 Å². The third-order valence-electron chi connectivity index (χ3n) is 3.71. The second kappa shape index (κ2) is 8.18. The number of benzene rings is 1. The molecule has 0 aliphatic rings. The van der Waals surface area contributed by atoms with E-state index in [1.165, 1.54) is 4.68 Å². The first-order chi connectivity index (χ1) is 12.0. The lowest BCUT2D eigenvalue weighted by Crippen LogP contribution is -2.33. The molecule has 2 amide bonds. The molecule has 2 aromatic rings. The summed E-state index contributed by atoms with van der Waals surface area (Å²) in [5, 5.41) is 5.09. The van der Waals surface area contributed by atoms with E-state index < -0.39 is 6.03 Å². The Morgan fingerprint density at radius 3 is 2.52 bits per heavy atom. The molecule has 0 radical (unpaired) electrons. The Balaban J connectivity index is 2.09. The van der Waals surface area contributed by atoms with Crippen LogP contribution in [0.2, 0.25) is 0 Å². The second-order valence-corrected chi connectivity index (χ2v) is 5.37. The number of rotatable bonds is 6. The third-order valence-corrected chi connectivity index (χ3v) is 3.71. The normalized spacial score (nSPS) is 10.4. The topological polar surface area (TPSA) is 94.4 Å². The largest absolute Gasteiger partial charge is 0.466 e. The van der Waals surface area contributed by atoms with Crippen LogP contribution in [0.5, 0.6) is 0 Å². The van der Waals surface area contributed by atoms with Crippen molar-refractivity contribution in [2.45, 2.75) is 20.3 Å². The maximum absolute atomic E-state index is 12.6. The van der Waals surface area contributed by atoms with Crippen LogP contribution in [0.15, 0.2) is 35.1 Å². The lowest BCUT2D eigenvalue weighted by Gasteiger charge is -2.07. The smallest absolute Gasteiger partial charge is 0.319 e. The van der Waals surface area contributed by atoms with Crippen LogP contribution >= 0.6 is 0 Å². The maximum atomic E-state index is 12.6. The summed E-state index contributed by atoms with van der Waals surface area (Å²) in [6, 6.07) is 8.60. The van der Waals surface area contributed by atoms with Gasteiger partial charge in [-0.25, -0.2) is 9.48 Å². The summed E-state index contributed by atoms with van der Waals surface area (Å²) >= 11 is 0. The summed E-state index contributed by atoms with van der Waals surface area (Å²) in [7, 11) is 1.74. The van der Waals surface area contributed by atoms with Gasteiger partial charge < -0.3 is 15.4 Å². The number of nitrogens with zero attached hydrogens (tertiary/aromatic N) is 2. The molecule has 1 aromatic carbocycles. The zero-order valence-corrected chi connectivity index (χ0v) is 14.5. The van der Waals surface area contributed by atoms with Gasteiger partial charge in [0.2, 0.25) is 0 Å². The number of hydrogen-bond acceptors (Lipinski definition) is 4. The Morgan fingerprint density at radius 2 is 1.88 bits per heavy atom. The van der Waals surface area contributed by atoms with Crippen LogP contribution in [0.4, 0.5) is 10.5 Å². The Kier molecular flexibility index (Phi) is 5.99. The first-order valence-corrected chi connectivity index (χ1v) is 8.00. The first-order valence-electron chi connectivity index (χ1n) is 8.00. The molecule has 2 rings (SSSR count). The molecular weight excluding hydrogens is 324 g/mol. The van der Waals surface area contributed by atoms with Crippen molar-refractivity contribution in [1.82, 2.24) is 14.7 Å². The first kappa shape index (κ1) is 18.3. The van der Waals surface area contributed by atoms with Crippen LogP contribution in [0, 0.1) is 6.92 Å². The van der Waals surface area contributed by atoms with Gasteiger partial charge in [-0.2, -0.15) is 0 Å². The summed E-state index contributed by atoms with van der Waals surface area (Å²) in [5.74, 6) is -0.384. The number of amides is 2. The van der Waals surface area contributed by atoms with E-state index in [9.17, 15) is 14.4 Å². The van der Waals surface area contributed by atoms with Crippen LogP contribution in [0.1, 0.15) is 19.0 Å². The molecule has 0 spiro atoms. The van der Waals surface area contributed by atoms with Gasteiger partial charge in [0.25, 0.3) is 5.56 Å². The molecule has 2 N–H and O–H groups in total. The van der Waals surface area contributed by atoms with E-state index in [-0.39, 0.29) is 30.2 Å². The predicted octanol–water partition coefficient (Wildman–Crippen LogP) is 1.56. The van der Waals surface area contributed by atoms with Crippen molar-refractivity contribution >= 4 is 17.7 Å². The molecule has 0 fully saturated rings. The average molecular weight is 346 g/mol. The number of ether oxygens (including phenoxy) is 1. The van der Waals surface area contributed by atoms with Crippen molar-refractivity contribution in [2.75, 3.05) is 18.5 Å². The quantitative estimate of drug-likeness (QED) is 0.776. The van der Waals surface area contributed by atoms with Crippen LogP contribution in [0.25, 0.3) is 5.69 Å². The van der Waals surface area contributed by atoms with Gasteiger partial charge in [-0.3, -0.25) is 14.3 Å². The number of hydrogen-bond donors (Lipinski definition) is 2. The number of nitrogens with one attached hydrogen (secondary N) is 2. The molecular formula is C17H22N4O4. The number of urea groups is 1. The number of para-hydroxylation sites is 1. The molecule has 1 aromatic heterocycles. The number of aromatic nitrogens is 2. The molecule has 8 nitrogen and oxygen atoms in total. The van der Waals surface area contributed by atoms with Gasteiger partial charge in [0, 0.05) is 13.6 Å². The van der Waals surface area contributed by atoms with Gasteiger partial charge in [0.1, 0.15) is 5.69 Å². The van der Waals surface area contributed by atoms with E-state index in [0.29, 0.717) is 18.0 Å². The minimum Gasteiger partial charge on any atom is -0.466 e. The molecule has 1 heterocycles. The number of carbonyl (C=O) groups excluding carboxylic acids is 2. The molecule has 0 atom stereocenters. The Bertz CT molecular complexity index is 808. The van der Waals surface area contributed by atoms with E-state index in [2.05, 4.69) is 10.6 Å². The molecule has 0 aliphatic carbocycles. The van der Waals surface area contributed by atoms with E-state index >= 15 is 0 Å². The Hall–Kier alpha value is -3.03. The zero-order chi connectivity index (χ0) is 18.4. The molecule has 0 aliphatic heterocycles. The second-order valence-electron chi connectivity index (χ2n) is 5.37. The minimum absolute atomic E-state index is 0.0727. The highest BCUT2D eigenvalue weighted by Gasteiger charge is 2.17. The number of esters is 1.